The zero-order valence-electron chi connectivity index (χ0n) is 13.5. The van der Waals surface area contributed by atoms with Crippen molar-refractivity contribution in [2.45, 2.75) is 25.1 Å². The first-order valence-corrected chi connectivity index (χ1v) is 8.21. The van der Waals surface area contributed by atoms with Gasteiger partial charge in [-0.3, -0.25) is 14.5 Å². The van der Waals surface area contributed by atoms with Gasteiger partial charge in [-0.05, 0) is 11.6 Å². The van der Waals surface area contributed by atoms with Gasteiger partial charge in [-0.25, -0.2) is 0 Å². The monoisotopic (exact) mass is 338 g/mol. The molecule has 0 unspecified atom stereocenters. The van der Waals surface area contributed by atoms with Crippen LogP contribution in [0.15, 0.2) is 48.5 Å². The van der Waals surface area contributed by atoms with Crippen LogP contribution in [0, 0.1) is 0 Å². The van der Waals surface area contributed by atoms with Gasteiger partial charge in [0.1, 0.15) is 24.4 Å². The Morgan fingerprint density at radius 1 is 1.20 bits per heavy atom. The van der Waals surface area contributed by atoms with Crippen LogP contribution in [0.25, 0.3) is 0 Å². The fourth-order valence-electron chi connectivity index (χ4n) is 3.42. The molecule has 2 aromatic carbocycles. The van der Waals surface area contributed by atoms with Crippen LogP contribution in [0.1, 0.15) is 11.1 Å². The van der Waals surface area contributed by atoms with E-state index in [2.05, 4.69) is 5.32 Å². The Bertz CT molecular complexity index is 807. The summed E-state index contributed by atoms with van der Waals surface area (Å²) < 4.78 is 5.72. The first-order chi connectivity index (χ1) is 12.2. The Morgan fingerprint density at radius 2 is 2.00 bits per heavy atom. The highest BCUT2D eigenvalue weighted by Gasteiger charge is 2.52. The second-order valence-corrected chi connectivity index (χ2v) is 6.22. The number of benzene rings is 2. The lowest BCUT2D eigenvalue weighted by molar-refractivity contribution is -0.133. The summed E-state index contributed by atoms with van der Waals surface area (Å²) in [5.74, 6) is 0.229. The molecule has 4 rings (SSSR count). The maximum atomic E-state index is 12.6. The molecule has 0 spiro atoms. The highest BCUT2D eigenvalue weighted by molar-refractivity contribution is 6.09. The third-order valence-corrected chi connectivity index (χ3v) is 4.65. The lowest BCUT2D eigenvalue weighted by atomic mass is 9.91. The van der Waals surface area contributed by atoms with Crippen LogP contribution in [-0.2, 0) is 22.6 Å². The van der Waals surface area contributed by atoms with Gasteiger partial charge in [0.05, 0.1) is 18.7 Å². The highest BCUT2D eigenvalue weighted by Crippen LogP contribution is 2.42. The van der Waals surface area contributed by atoms with Crippen molar-refractivity contribution in [3.8, 4) is 5.75 Å². The van der Waals surface area contributed by atoms with Gasteiger partial charge in [0.15, 0.2) is 0 Å². The molecular formula is C19H18N2O4. The molecule has 2 atom stereocenters. The Labute approximate surface area is 145 Å². The fraction of sp³-hybridized carbons (Fsp3) is 0.263. The van der Waals surface area contributed by atoms with E-state index in [1.165, 1.54) is 0 Å². The molecule has 128 valence electrons. The van der Waals surface area contributed by atoms with Gasteiger partial charge in [-0.1, -0.05) is 42.5 Å². The zero-order valence-corrected chi connectivity index (χ0v) is 13.5. The molecule has 2 N–H and O–H groups in total. The first kappa shape index (κ1) is 15.7. The quantitative estimate of drug-likeness (QED) is 0.816. The predicted octanol–water partition coefficient (Wildman–Crippen LogP) is 1.01. The number of para-hydroxylation sites is 1. The number of hydrogen-bond donors (Lipinski definition) is 2. The smallest absolute Gasteiger partial charge is 0.252 e. The summed E-state index contributed by atoms with van der Waals surface area (Å²) in [6.07, 6.45) is 0.233. The number of nitrogens with one attached hydrogen (secondary N) is 1. The summed E-state index contributed by atoms with van der Waals surface area (Å²) in [5, 5.41) is 12.3. The Morgan fingerprint density at radius 3 is 2.76 bits per heavy atom. The summed E-state index contributed by atoms with van der Waals surface area (Å²) in [6, 6.07) is 13.9. The molecule has 2 aliphatic rings. The summed E-state index contributed by atoms with van der Waals surface area (Å²) in [5.41, 5.74) is 2.15. The average Bonchev–Trinajstić information content (AvgIpc) is 2.65. The summed E-state index contributed by atoms with van der Waals surface area (Å²) in [4.78, 5) is 26.5. The van der Waals surface area contributed by atoms with E-state index >= 15 is 0 Å². The van der Waals surface area contributed by atoms with E-state index in [1.54, 1.807) is 23.1 Å². The lowest BCUT2D eigenvalue weighted by Crippen LogP contribution is -2.74. The second kappa shape index (κ2) is 6.22. The molecule has 1 fully saturated rings. The molecule has 2 amide bonds. The third-order valence-electron chi connectivity index (χ3n) is 4.65. The van der Waals surface area contributed by atoms with Crippen LogP contribution in [0.4, 0.5) is 5.69 Å². The average molecular weight is 338 g/mol. The van der Waals surface area contributed by atoms with Gasteiger partial charge in [-0.15, -0.1) is 0 Å². The van der Waals surface area contributed by atoms with Gasteiger partial charge in [0.2, 0.25) is 5.91 Å². The second-order valence-electron chi connectivity index (χ2n) is 6.22. The Balaban J connectivity index is 1.49. The van der Waals surface area contributed by atoms with Crippen LogP contribution >= 0.6 is 0 Å². The van der Waals surface area contributed by atoms with Crippen LogP contribution < -0.4 is 15.0 Å². The number of aliphatic hydroxyl groups is 1. The van der Waals surface area contributed by atoms with Gasteiger partial charge in [-0.2, -0.15) is 0 Å². The number of hydrogen-bond acceptors (Lipinski definition) is 4. The number of nitrogens with zero attached hydrogens (tertiary/aromatic N) is 1. The Hall–Kier alpha value is -2.86. The van der Waals surface area contributed by atoms with Gasteiger partial charge >= 0.3 is 0 Å². The fourth-order valence-corrected chi connectivity index (χ4v) is 3.42. The molecule has 6 heteroatoms. The molecule has 0 saturated carbocycles. The summed E-state index contributed by atoms with van der Waals surface area (Å²) >= 11 is 0. The molecule has 0 radical (unpaired) electrons. The number of carbonyl (C=O) groups excluding carboxylic acids is 2. The topological polar surface area (TPSA) is 78.9 Å². The van der Waals surface area contributed by atoms with Crippen molar-refractivity contribution < 1.29 is 19.4 Å². The van der Waals surface area contributed by atoms with E-state index in [0.29, 0.717) is 23.6 Å². The molecular weight excluding hydrogens is 320 g/mol. The van der Waals surface area contributed by atoms with E-state index in [9.17, 15) is 14.7 Å². The van der Waals surface area contributed by atoms with Crippen LogP contribution in [0.3, 0.4) is 0 Å². The van der Waals surface area contributed by atoms with Crippen molar-refractivity contribution >= 4 is 17.5 Å². The summed E-state index contributed by atoms with van der Waals surface area (Å²) in [7, 11) is 0. The third kappa shape index (κ3) is 2.64. The number of aliphatic hydroxyl groups excluding tert-OH is 1. The number of rotatable bonds is 4. The zero-order chi connectivity index (χ0) is 17.4. The molecule has 25 heavy (non-hydrogen) atoms. The van der Waals surface area contributed by atoms with Crippen molar-refractivity contribution in [2.75, 3.05) is 11.5 Å². The molecule has 0 aromatic heterocycles. The minimum Gasteiger partial charge on any atom is -0.489 e. The van der Waals surface area contributed by atoms with Gasteiger partial charge in [0.25, 0.3) is 5.91 Å². The molecule has 0 aliphatic carbocycles. The highest BCUT2D eigenvalue weighted by atomic mass is 16.5. The minimum absolute atomic E-state index is 0.170. The van der Waals surface area contributed by atoms with Crippen molar-refractivity contribution in [3.63, 3.8) is 0 Å². The number of β-lactam (4-membered cyclic amide) rings is 1. The lowest BCUT2D eigenvalue weighted by Gasteiger charge is -2.50. The maximum absolute atomic E-state index is 12.6. The molecule has 6 nitrogen and oxygen atoms in total. The van der Waals surface area contributed by atoms with E-state index < -0.39 is 6.04 Å². The van der Waals surface area contributed by atoms with Crippen molar-refractivity contribution in [3.05, 3.63) is 59.7 Å². The Kier molecular flexibility index (Phi) is 3.89. The van der Waals surface area contributed by atoms with Crippen molar-refractivity contribution in [1.82, 2.24) is 5.32 Å². The van der Waals surface area contributed by atoms with Gasteiger partial charge in [0, 0.05) is 5.56 Å². The molecule has 2 aliphatic heterocycles. The van der Waals surface area contributed by atoms with Crippen LogP contribution in [0.2, 0.25) is 0 Å². The van der Waals surface area contributed by atoms with Crippen LogP contribution in [0.5, 0.6) is 5.75 Å². The van der Waals surface area contributed by atoms with E-state index in [-0.39, 0.29) is 30.9 Å². The van der Waals surface area contributed by atoms with Crippen molar-refractivity contribution in [2.24, 2.45) is 0 Å². The molecule has 2 heterocycles. The van der Waals surface area contributed by atoms with Crippen LogP contribution in [-0.4, -0.2) is 35.6 Å². The number of fused-ring (bicyclic) bond motifs is 3. The molecule has 2 aromatic rings. The largest absolute Gasteiger partial charge is 0.489 e. The van der Waals surface area contributed by atoms with Crippen molar-refractivity contribution in [1.29, 1.82) is 0 Å². The number of ether oxygens (including phenoxy) is 1. The predicted molar refractivity (Wildman–Crippen MR) is 91.2 cm³/mol. The number of anilines is 1. The molecule has 1 saturated heterocycles. The number of amides is 2. The maximum Gasteiger partial charge on any atom is 0.252 e. The van der Waals surface area contributed by atoms with E-state index in [0.717, 1.165) is 5.56 Å². The first-order valence-electron chi connectivity index (χ1n) is 8.21. The number of carbonyl (C=O) groups is 2. The van der Waals surface area contributed by atoms with E-state index in [1.807, 2.05) is 30.3 Å². The van der Waals surface area contributed by atoms with E-state index in [4.69, 9.17) is 4.74 Å². The van der Waals surface area contributed by atoms with Gasteiger partial charge < -0.3 is 15.2 Å². The molecule has 0 bridgehead atoms. The minimum atomic E-state index is -0.587. The normalized spacial score (nSPS) is 20.8. The summed E-state index contributed by atoms with van der Waals surface area (Å²) in [6.45, 7) is 0.151. The SMILES string of the molecule is O=C(Cc1ccccc1)N[C@@H]1C(=O)N2c3c(CO)cccc3OC[C@H]12. The standard InChI is InChI=1S/C19H18N2O4/c22-10-13-7-4-8-15-18(13)21-14(11-25-15)17(19(21)24)20-16(23)9-12-5-2-1-3-6-12/h1-8,14,17,22H,9-11H2,(H,20,23)/t14-,17+/m1/s1.